The van der Waals surface area contributed by atoms with Crippen molar-refractivity contribution < 1.29 is 9.18 Å². The van der Waals surface area contributed by atoms with Gasteiger partial charge in [-0.1, -0.05) is 6.07 Å². The minimum atomic E-state index is -0.595. The lowest BCUT2D eigenvalue weighted by Crippen LogP contribution is -2.12. The zero-order valence-corrected chi connectivity index (χ0v) is 6.10. The summed E-state index contributed by atoms with van der Waals surface area (Å²) in [6.07, 6.45) is 0. The van der Waals surface area contributed by atoms with Crippen molar-refractivity contribution in [2.75, 3.05) is 0 Å². The maximum Gasteiger partial charge on any atom is 0.249 e. The third kappa shape index (κ3) is 1.55. The molecule has 0 saturated carbocycles. The van der Waals surface area contributed by atoms with E-state index >= 15 is 0 Å². The molecule has 0 saturated heterocycles. The summed E-state index contributed by atoms with van der Waals surface area (Å²) in [7, 11) is 0. The molecule has 0 aliphatic rings. The van der Waals surface area contributed by atoms with Crippen LogP contribution in [0.1, 0.15) is 15.9 Å². The molecule has 0 atom stereocenters. The highest BCUT2D eigenvalue weighted by atomic mass is 19.1. The average Bonchev–Trinajstić information content (AvgIpc) is 1.94. The Morgan fingerprint density at radius 1 is 1.55 bits per heavy atom. The van der Waals surface area contributed by atoms with Crippen molar-refractivity contribution in [2.24, 2.45) is 5.73 Å². The number of aryl methyl sites for hydroxylation is 1. The molecule has 0 aliphatic carbocycles. The van der Waals surface area contributed by atoms with Crippen molar-refractivity contribution in [1.82, 2.24) is 0 Å². The van der Waals surface area contributed by atoms with Crippen LogP contribution in [0.4, 0.5) is 4.39 Å². The summed E-state index contributed by atoms with van der Waals surface area (Å²) in [6, 6.07) is 3.95. The Morgan fingerprint density at radius 3 is 2.64 bits per heavy atom. The highest BCUT2D eigenvalue weighted by Gasteiger charge is 2.04. The van der Waals surface area contributed by atoms with Crippen LogP contribution in [0.3, 0.4) is 0 Å². The number of carbonyl (C=O) groups is 1. The van der Waals surface area contributed by atoms with Crippen molar-refractivity contribution in [2.45, 2.75) is 6.92 Å². The molecular formula is C8H8FNO. The van der Waals surface area contributed by atoms with E-state index in [1.54, 1.807) is 6.92 Å². The van der Waals surface area contributed by atoms with E-state index in [4.69, 9.17) is 5.73 Å². The third-order valence-corrected chi connectivity index (χ3v) is 1.47. The van der Waals surface area contributed by atoms with E-state index in [0.29, 0.717) is 5.56 Å². The van der Waals surface area contributed by atoms with Gasteiger partial charge in [0.15, 0.2) is 0 Å². The van der Waals surface area contributed by atoms with Crippen molar-refractivity contribution in [3.63, 3.8) is 0 Å². The van der Waals surface area contributed by atoms with Gasteiger partial charge >= 0.3 is 0 Å². The van der Waals surface area contributed by atoms with Crippen LogP contribution in [0.25, 0.3) is 0 Å². The molecule has 1 aromatic rings. The largest absolute Gasteiger partial charge is 0.366 e. The van der Waals surface area contributed by atoms with E-state index in [2.05, 4.69) is 0 Å². The lowest BCUT2D eigenvalue weighted by molar-refractivity contribution is 0.0999. The van der Waals surface area contributed by atoms with E-state index in [1.165, 1.54) is 12.1 Å². The van der Waals surface area contributed by atoms with Gasteiger partial charge in [0.1, 0.15) is 5.82 Å². The Morgan fingerprint density at radius 2 is 2.18 bits per heavy atom. The van der Waals surface area contributed by atoms with Crippen LogP contribution < -0.4 is 5.73 Å². The molecule has 1 aromatic carbocycles. The minimum absolute atomic E-state index is 0.241. The first kappa shape index (κ1) is 7.72. The zero-order valence-electron chi connectivity index (χ0n) is 6.10. The number of hydrogen-bond donors (Lipinski definition) is 1. The number of benzene rings is 1. The van der Waals surface area contributed by atoms with Gasteiger partial charge < -0.3 is 5.73 Å². The predicted octanol–water partition coefficient (Wildman–Crippen LogP) is 1.23. The molecule has 0 bridgehead atoms. The van der Waals surface area contributed by atoms with Gasteiger partial charge in [0.2, 0.25) is 5.91 Å². The lowest BCUT2D eigenvalue weighted by atomic mass is 10.1. The number of amides is 1. The van der Waals surface area contributed by atoms with Crippen molar-refractivity contribution >= 4 is 5.91 Å². The first-order valence-corrected chi connectivity index (χ1v) is 3.17. The molecule has 0 spiro atoms. The summed E-state index contributed by atoms with van der Waals surface area (Å²) in [5, 5.41) is 0. The maximum atomic E-state index is 12.5. The lowest BCUT2D eigenvalue weighted by Gasteiger charge is -1.99. The fraction of sp³-hybridized carbons (Fsp3) is 0.125. The first-order valence-electron chi connectivity index (χ1n) is 3.17. The number of halogens is 1. The molecule has 1 amide bonds. The summed E-state index contributed by atoms with van der Waals surface area (Å²) in [6.45, 7) is 1.71. The van der Waals surface area contributed by atoms with Crippen molar-refractivity contribution in [3.05, 3.63) is 35.1 Å². The number of rotatable bonds is 1. The fourth-order valence-electron chi connectivity index (χ4n) is 0.860. The van der Waals surface area contributed by atoms with Gasteiger partial charge in [0.25, 0.3) is 0 Å². The molecular weight excluding hydrogens is 145 g/mol. The summed E-state index contributed by atoms with van der Waals surface area (Å²) < 4.78 is 12.5. The second-order valence-corrected chi connectivity index (χ2v) is 2.32. The van der Waals surface area contributed by atoms with Crippen LogP contribution in [-0.4, -0.2) is 5.91 Å². The molecule has 1 rings (SSSR count). The molecule has 2 N–H and O–H groups in total. The Hall–Kier alpha value is -1.38. The van der Waals surface area contributed by atoms with Crippen molar-refractivity contribution in [1.29, 1.82) is 0 Å². The molecule has 0 heterocycles. The third-order valence-electron chi connectivity index (χ3n) is 1.47. The van der Waals surface area contributed by atoms with E-state index in [-0.39, 0.29) is 5.56 Å². The smallest absolute Gasteiger partial charge is 0.249 e. The van der Waals surface area contributed by atoms with E-state index in [9.17, 15) is 9.18 Å². The Labute approximate surface area is 63.8 Å². The predicted molar refractivity (Wildman–Crippen MR) is 39.7 cm³/mol. The summed E-state index contributed by atoms with van der Waals surface area (Å²) in [5.41, 5.74) is 5.91. The van der Waals surface area contributed by atoms with Gasteiger partial charge in [-0.2, -0.15) is 0 Å². The van der Waals surface area contributed by atoms with Crippen LogP contribution in [0.15, 0.2) is 18.2 Å². The minimum Gasteiger partial charge on any atom is -0.366 e. The number of primary amides is 1. The second-order valence-electron chi connectivity index (χ2n) is 2.32. The average molecular weight is 153 g/mol. The Bertz CT molecular complexity index is 296. The molecule has 0 fully saturated rings. The number of carbonyl (C=O) groups excluding carboxylic acids is 1. The zero-order chi connectivity index (χ0) is 8.43. The molecule has 0 unspecified atom stereocenters. The Kier molecular flexibility index (Phi) is 1.89. The molecule has 0 aromatic heterocycles. The summed E-state index contributed by atoms with van der Waals surface area (Å²) in [5.74, 6) is -1.04. The Balaban J connectivity index is 3.23. The van der Waals surface area contributed by atoms with Gasteiger partial charge in [-0.3, -0.25) is 4.79 Å². The quantitative estimate of drug-likeness (QED) is 0.647. The number of hydrogen-bond acceptors (Lipinski definition) is 1. The van der Waals surface area contributed by atoms with Gasteiger partial charge in [-0.15, -0.1) is 0 Å². The second kappa shape index (κ2) is 2.70. The van der Waals surface area contributed by atoms with Crippen LogP contribution in [0.2, 0.25) is 0 Å². The summed E-state index contributed by atoms with van der Waals surface area (Å²) >= 11 is 0. The monoisotopic (exact) mass is 153 g/mol. The van der Waals surface area contributed by atoms with Gasteiger partial charge in [0, 0.05) is 5.56 Å². The standard InChI is InChI=1S/C8H8FNO/c1-5-2-3-6(9)4-7(5)8(10)11/h2-4H,1H3,(H2,10,11). The van der Waals surface area contributed by atoms with Gasteiger partial charge in [-0.05, 0) is 24.6 Å². The van der Waals surface area contributed by atoms with Crippen LogP contribution in [0.5, 0.6) is 0 Å². The van der Waals surface area contributed by atoms with Crippen LogP contribution in [-0.2, 0) is 0 Å². The molecule has 0 aliphatic heterocycles. The molecule has 2 nitrogen and oxygen atoms in total. The van der Waals surface area contributed by atoms with E-state index in [1.807, 2.05) is 0 Å². The molecule has 3 heteroatoms. The normalized spacial score (nSPS) is 9.64. The molecule has 58 valence electrons. The van der Waals surface area contributed by atoms with Crippen molar-refractivity contribution in [3.8, 4) is 0 Å². The SMILES string of the molecule is Cc1ccc(F)cc1C(N)=O. The van der Waals surface area contributed by atoms with E-state index < -0.39 is 11.7 Å². The number of nitrogens with two attached hydrogens (primary N) is 1. The highest BCUT2D eigenvalue weighted by molar-refractivity contribution is 5.94. The van der Waals surface area contributed by atoms with E-state index in [0.717, 1.165) is 6.07 Å². The molecule has 0 radical (unpaired) electrons. The first-order chi connectivity index (χ1) is 5.11. The van der Waals surface area contributed by atoms with Gasteiger partial charge in [-0.25, -0.2) is 4.39 Å². The maximum absolute atomic E-state index is 12.5. The van der Waals surface area contributed by atoms with Crippen LogP contribution >= 0.6 is 0 Å². The fourth-order valence-corrected chi connectivity index (χ4v) is 0.860. The topological polar surface area (TPSA) is 43.1 Å². The highest BCUT2D eigenvalue weighted by Crippen LogP contribution is 2.08. The van der Waals surface area contributed by atoms with Crippen LogP contribution in [0, 0.1) is 12.7 Å². The summed E-state index contributed by atoms with van der Waals surface area (Å²) in [4.78, 5) is 10.6. The van der Waals surface area contributed by atoms with Gasteiger partial charge in [0.05, 0.1) is 0 Å². The molecule has 11 heavy (non-hydrogen) atoms.